The Morgan fingerprint density at radius 2 is 2.06 bits per heavy atom. The molecule has 0 bridgehead atoms. The number of hydrogen-bond donors (Lipinski definition) is 2. The number of H-pyrrole nitrogens is 1. The predicted octanol–water partition coefficient (Wildman–Crippen LogP) is 2.67. The molecule has 0 aliphatic carbocycles. The van der Waals surface area contributed by atoms with E-state index in [1.54, 1.807) is 11.8 Å². The smallest absolute Gasteiger partial charge is 0.213 e. The van der Waals surface area contributed by atoms with Crippen LogP contribution < -0.4 is 5.73 Å². The highest BCUT2D eigenvalue weighted by atomic mass is 32.2. The van der Waals surface area contributed by atoms with E-state index in [1.165, 1.54) is 5.56 Å². The minimum Gasteiger partial charge on any atom is -0.324 e. The quantitative estimate of drug-likeness (QED) is 0.873. The van der Waals surface area contributed by atoms with Gasteiger partial charge in [-0.3, -0.25) is 5.10 Å². The first-order valence-corrected chi connectivity index (χ1v) is 6.43. The number of rotatable bonds is 4. The number of benzene rings is 1. The van der Waals surface area contributed by atoms with E-state index in [1.807, 2.05) is 6.92 Å². The van der Waals surface area contributed by atoms with Crippen molar-refractivity contribution in [1.29, 1.82) is 0 Å². The first-order valence-electron chi connectivity index (χ1n) is 5.61. The van der Waals surface area contributed by atoms with Gasteiger partial charge in [0.2, 0.25) is 5.16 Å². The molecule has 0 fully saturated rings. The Balaban J connectivity index is 2.08. The van der Waals surface area contributed by atoms with Gasteiger partial charge in [-0.1, -0.05) is 19.1 Å². The number of nitrogens with one attached hydrogen (secondary N) is 1. The molecule has 5 heteroatoms. The molecule has 1 heterocycles. The van der Waals surface area contributed by atoms with Crippen LogP contribution in [0.25, 0.3) is 0 Å². The number of nitrogens with two attached hydrogens (primary N) is 1. The van der Waals surface area contributed by atoms with E-state index >= 15 is 0 Å². The van der Waals surface area contributed by atoms with Gasteiger partial charge >= 0.3 is 0 Å². The van der Waals surface area contributed by atoms with E-state index < -0.39 is 0 Å². The average Bonchev–Trinajstić information content (AvgIpc) is 2.75. The topological polar surface area (TPSA) is 67.6 Å². The fourth-order valence-electron chi connectivity index (χ4n) is 1.49. The van der Waals surface area contributed by atoms with Crippen molar-refractivity contribution < 1.29 is 0 Å². The van der Waals surface area contributed by atoms with Gasteiger partial charge < -0.3 is 5.73 Å². The maximum absolute atomic E-state index is 5.96. The lowest BCUT2D eigenvalue weighted by atomic mass is 10.1. The molecule has 1 aromatic heterocycles. The van der Waals surface area contributed by atoms with Crippen LogP contribution in [-0.4, -0.2) is 15.2 Å². The van der Waals surface area contributed by atoms with Crippen LogP contribution in [0, 0.1) is 6.92 Å². The minimum atomic E-state index is 0.125. The standard InChI is InChI=1S/C12H16N4S/c1-3-11(13)9-4-6-10(7-5-9)17-12-14-8(2)15-16-12/h4-7,11H,3,13H2,1-2H3,(H,14,15,16)/t11-/m0/s1. The van der Waals surface area contributed by atoms with Crippen molar-refractivity contribution >= 4 is 11.8 Å². The number of aromatic amines is 1. The van der Waals surface area contributed by atoms with Crippen molar-refractivity contribution in [1.82, 2.24) is 15.2 Å². The van der Waals surface area contributed by atoms with Gasteiger partial charge in [0.05, 0.1) is 0 Å². The molecule has 4 nitrogen and oxygen atoms in total. The second-order valence-corrected chi connectivity index (χ2v) is 4.93. The van der Waals surface area contributed by atoms with Crippen molar-refractivity contribution in [3.8, 4) is 0 Å². The molecule has 0 spiro atoms. The summed E-state index contributed by atoms with van der Waals surface area (Å²) in [6.45, 7) is 3.98. The van der Waals surface area contributed by atoms with Crippen LogP contribution in [0.1, 0.15) is 30.8 Å². The molecule has 0 aliphatic rings. The van der Waals surface area contributed by atoms with Crippen molar-refractivity contribution in [2.45, 2.75) is 36.4 Å². The molecule has 0 unspecified atom stereocenters. The van der Waals surface area contributed by atoms with E-state index in [-0.39, 0.29) is 6.04 Å². The van der Waals surface area contributed by atoms with Crippen LogP contribution in [0.4, 0.5) is 0 Å². The SMILES string of the molecule is CC[C@H](N)c1ccc(Sc2n[nH]c(C)n2)cc1. The van der Waals surface area contributed by atoms with Gasteiger partial charge in [-0.25, -0.2) is 4.98 Å². The number of aryl methyl sites for hydroxylation is 1. The summed E-state index contributed by atoms with van der Waals surface area (Å²) in [5, 5.41) is 7.66. The Labute approximate surface area is 105 Å². The molecule has 2 aromatic rings. The molecular weight excluding hydrogens is 232 g/mol. The Bertz CT molecular complexity index is 478. The molecule has 2 rings (SSSR count). The lowest BCUT2D eigenvalue weighted by molar-refractivity contribution is 0.698. The van der Waals surface area contributed by atoms with E-state index in [2.05, 4.69) is 46.4 Å². The maximum atomic E-state index is 5.96. The van der Waals surface area contributed by atoms with Gasteiger partial charge in [0.15, 0.2) is 0 Å². The molecule has 0 saturated carbocycles. The third kappa shape index (κ3) is 3.08. The molecular formula is C12H16N4S. The summed E-state index contributed by atoms with van der Waals surface area (Å²) in [4.78, 5) is 5.37. The van der Waals surface area contributed by atoms with Crippen molar-refractivity contribution in [2.75, 3.05) is 0 Å². The fourth-order valence-corrected chi connectivity index (χ4v) is 2.25. The Morgan fingerprint density at radius 3 is 2.59 bits per heavy atom. The molecule has 3 N–H and O–H groups in total. The Hall–Kier alpha value is -1.33. The normalized spacial score (nSPS) is 12.6. The van der Waals surface area contributed by atoms with Crippen LogP contribution in [0.3, 0.4) is 0 Å². The second-order valence-electron chi connectivity index (χ2n) is 3.89. The van der Waals surface area contributed by atoms with Gasteiger partial charge in [0.1, 0.15) is 5.82 Å². The van der Waals surface area contributed by atoms with Crippen LogP contribution in [0.15, 0.2) is 34.3 Å². The summed E-state index contributed by atoms with van der Waals surface area (Å²) < 4.78 is 0. The molecule has 1 atom stereocenters. The zero-order chi connectivity index (χ0) is 12.3. The zero-order valence-corrected chi connectivity index (χ0v) is 10.8. The summed E-state index contributed by atoms with van der Waals surface area (Å²) in [6, 6.07) is 8.37. The van der Waals surface area contributed by atoms with Crippen LogP contribution in [0.5, 0.6) is 0 Å². The molecule has 1 aromatic carbocycles. The van der Waals surface area contributed by atoms with Crippen LogP contribution >= 0.6 is 11.8 Å². The van der Waals surface area contributed by atoms with Gasteiger partial charge in [-0.05, 0) is 42.8 Å². The highest BCUT2D eigenvalue weighted by molar-refractivity contribution is 7.99. The number of hydrogen-bond acceptors (Lipinski definition) is 4. The van der Waals surface area contributed by atoms with E-state index in [0.29, 0.717) is 0 Å². The van der Waals surface area contributed by atoms with Crippen LogP contribution in [-0.2, 0) is 0 Å². The molecule has 17 heavy (non-hydrogen) atoms. The number of aromatic nitrogens is 3. The summed E-state index contributed by atoms with van der Waals surface area (Å²) in [6.07, 6.45) is 0.951. The minimum absolute atomic E-state index is 0.125. The van der Waals surface area contributed by atoms with Crippen molar-refractivity contribution in [2.24, 2.45) is 5.73 Å². The van der Waals surface area contributed by atoms with Crippen molar-refractivity contribution in [3.63, 3.8) is 0 Å². The lowest BCUT2D eigenvalue weighted by Crippen LogP contribution is -2.07. The van der Waals surface area contributed by atoms with Gasteiger partial charge in [0.25, 0.3) is 0 Å². The maximum Gasteiger partial charge on any atom is 0.213 e. The molecule has 0 saturated heterocycles. The molecule has 0 amide bonds. The van der Waals surface area contributed by atoms with E-state index in [0.717, 1.165) is 22.3 Å². The first-order chi connectivity index (χ1) is 8.19. The highest BCUT2D eigenvalue weighted by Crippen LogP contribution is 2.25. The third-order valence-electron chi connectivity index (χ3n) is 2.53. The molecule has 0 radical (unpaired) electrons. The van der Waals surface area contributed by atoms with E-state index in [4.69, 9.17) is 5.73 Å². The number of nitrogens with zero attached hydrogens (tertiary/aromatic N) is 2. The molecule has 0 aliphatic heterocycles. The predicted molar refractivity (Wildman–Crippen MR) is 68.9 cm³/mol. The van der Waals surface area contributed by atoms with Gasteiger partial charge in [0, 0.05) is 10.9 Å². The van der Waals surface area contributed by atoms with Crippen LogP contribution in [0.2, 0.25) is 0 Å². The average molecular weight is 248 g/mol. The van der Waals surface area contributed by atoms with Crippen molar-refractivity contribution in [3.05, 3.63) is 35.7 Å². The monoisotopic (exact) mass is 248 g/mol. The van der Waals surface area contributed by atoms with Gasteiger partial charge in [-0.2, -0.15) is 0 Å². The third-order valence-corrected chi connectivity index (χ3v) is 3.41. The second kappa shape index (κ2) is 5.33. The Kier molecular flexibility index (Phi) is 3.81. The largest absolute Gasteiger partial charge is 0.324 e. The summed E-state index contributed by atoms with van der Waals surface area (Å²) >= 11 is 1.54. The fraction of sp³-hybridized carbons (Fsp3) is 0.333. The lowest BCUT2D eigenvalue weighted by Gasteiger charge is -2.08. The van der Waals surface area contributed by atoms with E-state index in [9.17, 15) is 0 Å². The first kappa shape index (κ1) is 12.1. The summed E-state index contributed by atoms with van der Waals surface area (Å²) in [5.41, 5.74) is 7.13. The molecule has 90 valence electrons. The highest BCUT2D eigenvalue weighted by Gasteiger charge is 2.05. The summed E-state index contributed by atoms with van der Waals surface area (Å²) in [5.74, 6) is 0.831. The van der Waals surface area contributed by atoms with Gasteiger partial charge in [-0.15, -0.1) is 5.10 Å². The summed E-state index contributed by atoms with van der Waals surface area (Å²) in [7, 11) is 0. The Morgan fingerprint density at radius 1 is 1.35 bits per heavy atom. The zero-order valence-electron chi connectivity index (χ0n) is 9.97.